The van der Waals surface area contributed by atoms with Crippen LogP contribution in [0.2, 0.25) is 0 Å². The molecule has 48 heavy (non-hydrogen) atoms. The van der Waals surface area contributed by atoms with Crippen LogP contribution in [-0.2, 0) is 19.0 Å². The number of nitrogens with zero attached hydrogens (tertiary/aromatic N) is 1. The van der Waals surface area contributed by atoms with E-state index in [0.717, 1.165) is 51.6 Å². The van der Waals surface area contributed by atoms with E-state index in [9.17, 15) is 20.1 Å². The maximum Gasteiger partial charge on any atom is 0.237 e. The number of nitrogens with one attached hydrogen (secondary N) is 1. The lowest BCUT2D eigenvalue weighted by atomic mass is 9.41. The average molecular weight is 673 g/mol. The quantitative estimate of drug-likeness (QED) is 0.342. The van der Waals surface area contributed by atoms with Crippen LogP contribution in [0, 0.1) is 50.7 Å². The van der Waals surface area contributed by atoms with E-state index < -0.39 is 23.9 Å². The molecule has 5 aliphatic carbocycles. The van der Waals surface area contributed by atoms with Gasteiger partial charge in [0.25, 0.3) is 0 Å². The molecule has 9 nitrogen and oxygen atoms in total. The summed E-state index contributed by atoms with van der Waals surface area (Å²) in [5, 5.41) is 37.2. The van der Waals surface area contributed by atoms with Crippen molar-refractivity contribution < 1.29 is 34.3 Å². The first-order valence-corrected chi connectivity index (χ1v) is 19.5. The van der Waals surface area contributed by atoms with Crippen molar-refractivity contribution in [3.8, 4) is 0 Å². The van der Waals surface area contributed by atoms with Crippen molar-refractivity contribution in [2.24, 2.45) is 50.7 Å². The second-order valence-corrected chi connectivity index (χ2v) is 19.5. The predicted molar refractivity (Wildman–Crippen MR) is 181 cm³/mol. The summed E-state index contributed by atoms with van der Waals surface area (Å²) < 4.78 is 19.8. The molecular weight excluding hydrogens is 608 g/mol. The zero-order valence-corrected chi connectivity index (χ0v) is 30.7. The molecule has 10 unspecified atom stereocenters. The van der Waals surface area contributed by atoms with E-state index in [0.29, 0.717) is 42.7 Å². The van der Waals surface area contributed by atoms with Gasteiger partial charge in [-0.05, 0) is 123 Å². The molecule has 9 heteroatoms. The number of hydrogen-bond acceptors (Lipinski definition) is 8. The van der Waals surface area contributed by atoms with E-state index >= 15 is 0 Å². The molecule has 0 aromatic carbocycles. The van der Waals surface area contributed by atoms with Gasteiger partial charge in [0, 0.05) is 18.5 Å². The number of morpholine rings is 1. The van der Waals surface area contributed by atoms with Gasteiger partial charge >= 0.3 is 0 Å². The fourth-order valence-electron chi connectivity index (χ4n) is 14.5. The fourth-order valence-corrected chi connectivity index (χ4v) is 14.5. The topological polar surface area (TPSA) is 121 Å². The molecule has 4 N–H and O–H groups in total. The standard InChI is InChI=1S/C39H64N2O7/c1-22-19-24(31(42)35(4,5)45)47-30-29(22)36(6)14-15-39-21-38(39)13-12-27(34(2,3)25(38)10-11-26(39)37(36,7)32(30)43)48-28-20-41(17-18-46-28)23-9-8-16-40-33(23)44/h22-32,42-43,45H,8-21H2,1-7H3,(H,40,44)/t22-,23-,24?,25+,26?,27?,28?,29?,30?,31?,32+,36?,37-,38?,39?/m1/s1. The van der Waals surface area contributed by atoms with Crippen LogP contribution >= 0.6 is 0 Å². The Hall–Kier alpha value is -0.810. The van der Waals surface area contributed by atoms with Gasteiger partial charge in [-0.3, -0.25) is 9.69 Å². The maximum atomic E-state index is 12.6. The molecule has 15 atom stereocenters. The molecule has 272 valence electrons. The van der Waals surface area contributed by atoms with Crippen LogP contribution in [0.4, 0.5) is 0 Å². The molecule has 8 rings (SSSR count). The zero-order chi connectivity index (χ0) is 34.2. The first-order chi connectivity index (χ1) is 22.5. The number of ether oxygens (including phenoxy) is 3. The summed E-state index contributed by atoms with van der Waals surface area (Å²) in [5.74, 6) is 1.69. The molecule has 8 aliphatic rings. The largest absolute Gasteiger partial charge is 0.390 e. The summed E-state index contributed by atoms with van der Waals surface area (Å²) in [6, 6.07) is -0.0723. The number of piperidine rings is 1. The second kappa shape index (κ2) is 11.1. The Morgan fingerprint density at radius 2 is 1.77 bits per heavy atom. The highest BCUT2D eigenvalue weighted by Crippen LogP contribution is 2.89. The van der Waals surface area contributed by atoms with Gasteiger partial charge in [-0.1, -0.05) is 34.6 Å². The molecule has 0 aromatic rings. The van der Waals surface area contributed by atoms with Crippen LogP contribution in [0.25, 0.3) is 0 Å². The zero-order valence-electron chi connectivity index (χ0n) is 30.7. The Morgan fingerprint density at radius 1 is 1.04 bits per heavy atom. The summed E-state index contributed by atoms with van der Waals surface area (Å²) >= 11 is 0. The number of aliphatic hydroxyl groups is 3. The molecule has 3 heterocycles. The van der Waals surface area contributed by atoms with Crippen LogP contribution in [-0.4, -0.2) is 101 Å². The highest BCUT2D eigenvalue weighted by molar-refractivity contribution is 5.82. The van der Waals surface area contributed by atoms with Crippen LogP contribution < -0.4 is 5.32 Å². The number of aliphatic hydroxyl groups excluding tert-OH is 2. The van der Waals surface area contributed by atoms with Gasteiger partial charge in [0.1, 0.15) is 6.10 Å². The number of amides is 1. The smallest absolute Gasteiger partial charge is 0.237 e. The molecule has 3 saturated heterocycles. The monoisotopic (exact) mass is 672 g/mol. The van der Waals surface area contributed by atoms with Crippen molar-refractivity contribution in [3.63, 3.8) is 0 Å². The lowest BCUT2D eigenvalue weighted by Gasteiger charge is -2.64. The average Bonchev–Trinajstić information content (AvgIpc) is 3.66. The van der Waals surface area contributed by atoms with E-state index in [1.54, 1.807) is 13.8 Å². The predicted octanol–water partition coefficient (Wildman–Crippen LogP) is 4.25. The first kappa shape index (κ1) is 34.3. The minimum absolute atomic E-state index is 0.00257. The third-order valence-corrected chi connectivity index (χ3v) is 16.9. The Morgan fingerprint density at radius 3 is 2.50 bits per heavy atom. The molecule has 0 bridgehead atoms. The number of hydrogen-bond donors (Lipinski definition) is 4. The Labute approximate surface area is 288 Å². The van der Waals surface area contributed by atoms with Crippen LogP contribution in [0.15, 0.2) is 0 Å². The van der Waals surface area contributed by atoms with E-state index in [1.165, 1.54) is 19.3 Å². The molecule has 5 saturated carbocycles. The van der Waals surface area contributed by atoms with Gasteiger partial charge in [0.15, 0.2) is 6.29 Å². The number of rotatable bonds is 5. The Balaban J connectivity index is 1.01. The van der Waals surface area contributed by atoms with Gasteiger partial charge in [-0.25, -0.2) is 0 Å². The Kier molecular flexibility index (Phi) is 7.93. The fraction of sp³-hybridized carbons (Fsp3) is 0.974. The minimum Gasteiger partial charge on any atom is -0.390 e. The van der Waals surface area contributed by atoms with Crippen LogP contribution in [0.1, 0.15) is 113 Å². The second-order valence-electron chi connectivity index (χ2n) is 19.5. The highest BCUT2D eigenvalue weighted by Gasteiger charge is 2.84. The molecule has 0 aromatic heterocycles. The highest BCUT2D eigenvalue weighted by atomic mass is 16.7. The third kappa shape index (κ3) is 4.49. The van der Waals surface area contributed by atoms with Gasteiger partial charge in [-0.15, -0.1) is 0 Å². The van der Waals surface area contributed by atoms with Crippen molar-refractivity contribution in [2.75, 3.05) is 26.2 Å². The summed E-state index contributed by atoms with van der Waals surface area (Å²) in [6.07, 6.45) is 8.17. The van der Waals surface area contributed by atoms with Crippen molar-refractivity contribution in [3.05, 3.63) is 0 Å². The van der Waals surface area contributed by atoms with E-state index in [1.807, 2.05) is 0 Å². The van der Waals surface area contributed by atoms with Gasteiger partial charge in [0.05, 0.1) is 49.2 Å². The first-order valence-electron chi connectivity index (χ1n) is 19.5. The molecule has 1 amide bonds. The van der Waals surface area contributed by atoms with Crippen molar-refractivity contribution in [2.45, 2.75) is 161 Å². The van der Waals surface area contributed by atoms with Crippen LogP contribution in [0.3, 0.4) is 0 Å². The van der Waals surface area contributed by atoms with Crippen molar-refractivity contribution in [1.82, 2.24) is 10.2 Å². The van der Waals surface area contributed by atoms with E-state index in [4.69, 9.17) is 14.2 Å². The van der Waals surface area contributed by atoms with Crippen molar-refractivity contribution in [1.29, 1.82) is 0 Å². The minimum atomic E-state index is -1.26. The lowest BCUT2D eigenvalue weighted by Crippen LogP contribution is -2.60. The number of carbonyl (C=O) groups excluding carboxylic acids is 1. The van der Waals surface area contributed by atoms with E-state index in [2.05, 4.69) is 44.8 Å². The summed E-state index contributed by atoms with van der Waals surface area (Å²) in [7, 11) is 0. The SMILES string of the molecule is C[C@@H]1CC(C(O)C(C)(C)O)OC2C1C1(C)CCC34CC35CCC(OC3CN([C@@H]6CCCNC6=O)CCO3)C(C)(C)[C@@H]5CCC4[C@]1(C)[C@H]2O. The van der Waals surface area contributed by atoms with E-state index in [-0.39, 0.29) is 58.0 Å². The van der Waals surface area contributed by atoms with Gasteiger partial charge < -0.3 is 34.8 Å². The molecule has 3 aliphatic heterocycles. The summed E-state index contributed by atoms with van der Waals surface area (Å²) in [4.78, 5) is 14.9. The number of fused-ring (bicyclic) bond motifs is 4. The summed E-state index contributed by atoms with van der Waals surface area (Å²) in [5.41, 5.74) is -1.01. The van der Waals surface area contributed by atoms with Gasteiger partial charge in [0.2, 0.25) is 5.91 Å². The molecule has 0 radical (unpaired) electrons. The molecular formula is C39H64N2O7. The maximum absolute atomic E-state index is 12.6. The normalized spacial score (nSPS) is 53.8. The lowest BCUT2D eigenvalue weighted by molar-refractivity contribution is -0.251. The van der Waals surface area contributed by atoms with Crippen LogP contribution in [0.5, 0.6) is 0 Å². The Bertz CT molecular complexity index is 1290. The van der Waals surface area contributed by atoms with Gasteiger partial charge in [-0.2, -0.15) is 0 Å². The third-order valence-electron chi connectivity index (χ3n) is 16.9. The summed E-state index contributed by atoms with van der Waals surface area (Å²) in [6.45, 7) is 18.1. The molecule has 8 fully saturated rings. The molecule has 2 spiro atoms. The van der Waals surface area contributed by atoms with Crippen molar-refractivity contribution >= 4 is 5.91 Å². The number of carbonyl (C=O) groups is 1.